The van der Waals surface area contributed by atoms with Gasteiger partial charge in [-0.25, -0.2) is 10.1 Å². The number of nitrogens with one attached hydrogen (secondary N) is 1. The molecule has 128 valence electrons. The van der Waals surface area contributed by atoms with Crippen LogP contribution in [0.1, 0.15) is 43.1 Å². The first kappa shape index (κ1) is 16.6. The molecule has 2 heterocycles. The Kier molecular flexibility index (Phi) is 4.47. The molecule has 0 aliphatic rings. The fraction of sp³-hybridized carbons (Fsp3) is 0.222. The number of nitrogens with zero attached hydrogens (tertiary/aromatic N) is 3. The van der Waals surface area contributed by atoms with Crippen LogP contribution in [0.25, 0.3) is 10.8 Å². The number of amides is 1. The molecular formula is C18H18N4O3. The number of benzene rings is 1. The van der Waals surface area contributed by atoms with Gasteiger partial charge in [0, 0.05) is 5.39 Å². The molecule has 1 amide bonds. The van der Waals surface area contributed by atoms with E-state index in [1.165, 1.54) is 10.9 Å². The molecule has 0 unspecified atom stereocenters. The molecule has 0 saturated carbocycles. The predicted molar refractivity (Wildman–Crippen MR) is 94.8 cm³/mol. The van der Waals surface area contributed by atoms with Crippen LogP contribution in [0.3, 0.4) is 0 Å². The summed E-state index contributed by atoms with van der Waals surface area (Å²) >= 11 is 0. The van der Waals surface area contributed by atoms with Gasteiger partial charge in [0.05, 0.1) is 17.7 Å². The van der Waals surface area contributed by atoms with Gasteiger partial charge in [-0.05, 0) is 39.0 Å². The van der Waals surface area contributed by atoms with Crippen LogP contribution in [0, 0.1) is 0 Å². The number of hydrogen-bond acceptors (Lipinski definition) is 5. The number of carbonyl (C=O) groups excluding carboxylic acids is 1. The number of hydrazone groups is 1. The molecule has 3 rings (SSSR count). The third-order valence-electron chi connectivity index (χ3n) is 3.74. The Balaban J connectivity index is 2.03. The lowest BCUT2D eigenvalue weighted by molar-refractivity contribution is 0.0949. The molecule has 7 nitrogen and oxygen atoms in total. The summed E-state index contributed by atoms with van der Waals surface area (Å²) in [5.41, 5.74) is 2.93. The van der Waals surface area contributed by atoms with Crippen LogP contribution >= 0.6 is 0 Å². The van der Waals surface area contributed by atoms with Crippen LogP contribution in [0.15, 0.2) is 57.0 Å². The number of rotatable bonds is 4. The first-order chi connectivity index (χ1) is 12.0. The van der Waals surface area contributed by atoms with Gasteiger partial charge in [-0.2, -0.15) is 10.2 Å². The predicted octanol–water partition coefficient (Wildman–Crippen LogP) is 2.72. The average molecular weight is 338 g/mol. The zero-order chi connectivity index (χ0) is 18.0. The van der Waals surface area contributed by atoms with Crippen molar-refractivity contribution < 1.29 is 9.21 Å². The van der Waals surface area contributed by atoms with Gasteiger partial charge < -0.3 is 4.42 Å². The van der Waals surface area contributed by atoms with Gasteiger partial charge in [0.1, 0.15) is 11.5 Å². The quantitative estimate of drug-likeness (QED) is 0.585. The first-order valence-corrected chi connectivity index (χ1v) is 7.89. The van der Waals surface area contributed by atoms with Crippen LogP contribution in [0.5, 0.6) is 0 Å². The van der Waals surface area contributed by atoms with E-state index < -0.39 is 5.91 Å². The van der Waals surface area contributed by atoms with Crippen molar-refractivity contribution in [1.82, 2.24) is 15.2 Å². The Labute approximate surface area is 144 Å². The molecule has 0 radical (unpaired) electrons. The van der Waals surface area contributed by atoms with Crippen molar-refractivity contribution in [2.75, 3.05) is 0 Å². The van der Waals surface area contributed by atoms with Crippen molar-refractivity contribution in [2.45, 2.75) is 26.8 Å². The highest BCUT2D eigenvalue weighted by Crippen LogP contribution is 2.14. The summed E-state index contributed by atoms with van der Waals surface area (Å²) in [6.45, 7) is 5.40. The van der Waals surface area contributed by atoms with Crippen LogP contribution in [0.2, 0.25) is 0 Å². The summed E-state index contributed by atoms with van der Waals surface area (Å²) in [7, 11) is 0. The molecule has 7 heteroatoms. The summed E-state index contributed by atoms with van der Waals surface area (Å²) in [6, 6.07) is 10.2. The second-order valence-electron chi connectivity index (χ2n) is 5.85. The number of fused-ring (bicyclic) bond motifs is 1. The topological polar surface area (TPSA) is 89.5 Å². The minimum atomic E-state index is -0.489. The second kappa shape index (κ2) is 6.72. The van der Waals surface area contributed by atoms with E-state index >= 15 is 0 Å². The van der Waals surface area contributed by atoms with Gasteiger partial charge in [0.2, 0.25) is 0 Å². The molecule has 25 heavy (non-hydrogen) atoms. The summed E-state index contributed by atoms with van der Waals surface area (Å²) in [5, 5.41) is 9.22. The third kappa shape index (κ3) is 3.21. The van der Waals surface area contributed by atoms with Crippen molar-refractivity contribution in [1.29, 1.82) is 0 Å². The van der Waals surface area contributed by atoms with E-state index in [1.807, 2.05) is 13.8 Å². The SMILES string of the molecule is C/C(=N/NC(=O)c1nn(C(C)C)c(=O)c2ccccc12)c1ccco1. The summed E-state index contributed by atoms with van der Waals surface area (Å²) in [6.07, 6.45) is 1.53. The fourth-order valence-electron chi connectivity index (χ4n) is 2.45. The highest BCUT2D eigenvalue weighted by Gasteiger charge is 2.17. The number of hydrogen-bond donors (Lipinski definition) is 1. The number of aromatic nitrogens is 2. The Hall–Kier alpha value is -3.22. The van der Waals surface area contributed by atoms with Crippen LogP contribution < -0.4 is 11.0 Å². The summed E-state index contributed by atoms with van der Waals surface area (Å²) in [4.78, 5) is 25.1. The molecule has 0 atom stereocenters. The van der Waals surface area contributed by atoms with Crippen molar-refractivity contribution in [3.63, 3.8) is 0 Å². The lowest BCUT2D eigenvalue weighted by atomic mass is 10.1. The molecule has 1 aromatic carbocycles. The molecule has 1 N–H and O–H groups in total. The summed E-state index contributed by atoms with van der Waals surface area (Å²) in [5.74, 6) is 0.0711. The zero-order valence-electron chi connectivity index (χ0n) is 14.2. The van der Waals surface area contributed by atoms with Crippen molar-refractivity contribution >= 4 is 22.4 Å². The van der Waals surface area contributed by atoms with E-state index in [0.29, 0.717) is 22.2 Å². The molecule has 0 saturated heterocycles. The second-order valence-corrected chi connectivity index (χ2v) is 5.85. The number of carbonyl (C=O) groups is 1. The highest BCUT2D eigenvalue weighted by atomic mass is 16.3. The molecule has 0 spiro atoms. The Morgan fingerprint density at radius 3 is 2.56 bits per heavy atom. The maximum atomic E-state index is 12.6. The van der Waals surface area contributed by atoms with Gasteiger partial charge in [0.25, 0.3) is 11.5 Å². The smallest absolute Gasteiger partial charge is 0.292 e. The zero-order valence-corrected chi connectivity index (χ0v) is 14.2. The maximum Gasteiger partial charge on any atom is 0.292 e. The molecule has 0 aliphatic carbocycles. The van der Waals surface area contributed by atoms with E-state index in [2.05, 4.69) is 15.6 Å². The van der Waals surface area contributed by atoms with Crippen molar-refractivity contribution in [3.05, 3.63) is 64.5 Å². The minimum Gasteiger partial charge on any atom is -0.463 e. The Morgan fingerprint density at radius 2 is 1.92 bits per heavy atom. The third-order valence-corrected chi connectivity index (χ3v) is 3.74. The van der Waals surface area contributed by atoms with Gasteiger partial charge >= 0.3 is 0 Å². The minimum absolute atomic E-state index is 0.153. The first-order valence-electron chi connectivity index (χ1n) is 7.89. The molecule has 0 bridgehead atoms. The molecule has 3 aromatic rings. The average Bonchev–Trinajstić information content (AvgIpc) is 3.14. The van der Waals surface area contributed by atoms with E-state index in [9.17, 15) is 9.59 Å². The van der Waals surface area contributed by atoms with Gasteiger partial charge in [0.15, 0.2) is 5.69 Å². The van der Waals surface area contributed by atoms with Crippen LogP contribution in [-0.4, -0.2) is 21.4 Å². The normalized spacial score (nSPS) is 11.9. The summed E-state index contributed by atoms with van der Waals surface area (Å²) < 4.78 is 6.53. The van der Waals surface area contributed by atoms with Crippen LogP contribution in [0.4, 0.5) is 0 Å². The fourth-order valence-corrected chi connectivity index (χ4v) is 2.45. The van der Waals surface area contributed by atoms with E-state index in [4.69, 9.17) is 4.42 Å². The monoisotopic (exact) mass is 338 g/mol. The molecular weight excluding hydrogens is 320 g/mol. The van der Waals surface area contributed by atoms with E-state index in [0.717, 1.165) is 0 Å². The van der Waals surface area contributed by atoms with Crippen LogP contribution in [-0.2, 0) is 0 Å². The lowest BCUT2D eigenvalue weighted by Gasteiger charge is -2.12. The Bertz CT molecular complexity index is 1000. The molecule has 0 fully saturated rings. The van der Waals surface area contributed by atoms with E-state index in [-0.39, 0.29) is 17.3 Å². The maximum absolute atomic E-state index is 12.6. The van der Waals surface area contributed by atoms with Gasteiger partial charge in [-0.3, -0.25) is 9.59 Å². The molecule has 0 aliphatic heterocycles. The number of furan rings is 1. The Morgan fingerprint density at radius 1 is 1.20 bits per heavy atom. The lowest BCUT2D eigenvalue weighted by Crippen LogP contribution is -2.30. The standard InChI is InChI=1S/C18H18N4O3/c1-11(2)22-18(24)14-8-5-4-7-13(14)16(21-22)17(23)20-19-12(3)15-9-6-10-25-15/h4-11H,1-3H3,(H,20,23)/b19-12-. The van der Waals surface area contributed by atoms with Crippen molar-refractivity contribution in [2.24, 2.45) is 5.10 Å². The van der Waals surface area contributed by atoms with E-state index in [1.54, 1.807) is 43.3 Å². The van der Waals surface area contributed by atoms with Crippen molar-refractivity contribution in [3.8, 4) is 0 Å². The molecule has 2 aromatic heterocycles. The van der Waals surface area contributed by atoms with Gasteiger partial charge in [-0.15, -0.1) is 0 Å². The van der Waals surface area contributed by atoms with Gasteiger partial charge in [-0.1, -0.05) is 18.2 Å². The largest absolute Gasteiger partial charge is 0.463 e. The highest BCUT2D eigenvalue weighted by molar-refractivity contribution is 6.05.